The van der Waals surface area contributed by atoms with Gasteiger partial charge in [0.15, 0.2) is 0 Å². The lowest BCUT2D eigenvalue weighted by Gasteiger charge is -2.28. The summed E-state index contributed by atoms with van der Waals surface area (Å²) < 4.78 is 30.5. The summed E-state index contributed by atoms with van der Waals surface area (Å²) in [6, 6.07) is 8.56. The third-order valence-electron chi connectivity index (χ3n) is 5.86. The Morgan fingerprint density at radius 1 is 1.05 bits per heavy atom. The highest BCUT2D eigenvalue weighted by Gasteiger charge is 2.26. The molecule has 3 heterocycles. The molecule has 212 valence electrons. The molecule has 0 spiro atoms. The first-order valence-electron chi connectivity index (χ1n) is 13.7. The monoisotopic (exact) mass is 541 g/mol. The van der Waals surface area contributed by atoms with Gasteiger partial charge in [-0.2, -0.15) is 10.2 Å². The predicted octanol–water partition coefficient (Wildman–Crippen LogP) is 6.03. The first kappa shape index (κ1) is 31.6. The summed E-state index contributed by atoms with van der Waals surface area (Å²) in [6.45, 7) is 13.4. The molecule has 1 aliphatic heterocycles. The fraction of sp³-hybridized carbons (Fsp3) is 0.448. The number of aryl methyl sites for hydroxylation is 1. The van der Waals surface area contributed by atoms with Gasteiger partial charge in [0.25, 0.3) is 5.56 Å². The lowest BCUT2D eigenvalue weighted by atomic mass is 9.94. The molecular formula is C29H41F2N7O. The van der Waals surface area contributed by atoms with Crippen LogP contribution in [0.1, 0.15) is 77.7 Å². The van der Waals surface area contributed by atoms with Gasteiger partial charge < -0.3 is 11.1 Å². The Kier molecular flexibility index (Phi) is 12.7. The standard InChI is InChI=1S/C19H17F2N3O.C6H12N4.2C2H6/c1-10(2)24-19(25)14-7-13(21)8-16-18(14)17(23-24)9-15(22-16)11-3-5-12(20)6-4-11;7-3-1-2-4-10-6-8-5-9-10;2*1-2/h3-8,10,15,22H,9H2,1-2H3;5-6H,1-4,7H2;2*1-2H3. The molecule has 2 aromatic carbocycles. The zero-order chi connectivity index (χ0) is 28.9. The minimum Gasteiger partial charge on any atom is -0.377 e. The Morgan fingerprint density at radius 3 is 2.33 bits per heavy atom. The topological polar surface area (TPSA) is 104 Å². The van der Waals surface area contributed by atoms with Gasteiger partial charge >= 0.3 is 0 Å². The molecule has 3 N–H and O–H groups in total. The number of hydrogen-bond donors (Lipinski definition) is 2. The second-order valence-electron chi connectivity index (χ2n) is 8.77. The van der Waals surface area contributed by atoms with Crippen molar-refractivity contribution in [2.24, 2.45) is 5.73 Å². The van der Waals surface area contributed by atoms with Gasteiger partial charge in [0.1, 0.15) is 24.3 Å². The molecule has 0 aliphatic carbocycles. The van der Waals surface area contributed by atoms with Crippen molar-refractivity contribution >= 4 is 16.5 Å². The highest BCUT2D eigenvalue weighted by molar-refractivity contribution is 5.96. The van der Waals surface area contributed by atoms with E-state index >= 15 is 0 Å². The molecule has 4 aromatic rings. The molecule has 1 unspecified atom stereocenters. The van der Waals surface area contributed by atoms with Gasteiger partial charge in [-0.1, -0.05) is 39.8 Å². The first-order valence-corrected chi connectivity index (χ1v) is 13.7. The average Bonchev–Trinajstić information content (AvgIpc) is 3.47. The van der Waals surface area contributed by atoms with Gasteiger partial charge in [0, 0.05) is 24.0 Å². The summed E-state index contributed by atoms with van der Waals surface area (Å²) >= 11 is 0. The summed E-state index contributed by atoms with van der Waals surface area (Å²) in [5.41, 5.74) is 7.20. The molecule has 1 aliphatic rings. The maximum absolute atomic E-state index is 14.1. The lowest BCUT2D eigenvalue weighted by Crippen LogP contribution is -2.30. The van der Waals surface area contributed by atoms with Crippen LogP contribution in [-0.4, -0.2) is 31.1 Å². The van der Waals surface area contributed by atoms with Gasteiger partial charge in [-0.05, 0) is 63.1 Å². The number of aromatic nitrogens is 5. The van der Waals surface area contributed by atoms with Crippen molar-refractivity contribution in [3.8, 4) is 0 Å². The van der Waals surface area contributed by atoms with Gasteiger partial charge in [-0.25, -0.2) is 18.4 Å². The molecule has 1 atom stereocenters. The van der Waals surface area contributed by atoms with Crippen LogP contribution in [0, 0.1) is 11.6 Å². The van der Waals surface area contributed by atoms with Crippen molar-refractivity contribution in [3.05, 3.63) is 82.3 Å². The second kappa shape index (κ2) is 15.7. The predicted molar refractivity (Wildman–Crippen MR) is 154 cm³/mol. The van der Waals surface area contributed by atoms with Crippen molar-refractivity contribution in [2.75, 3.05) is 11.9 Å². The second-order valence-corrected chi connectivity index (χ2v) is 8.77. The van der Waals surface area contributed by atoms with E-state index in [0.717, 1.165) is 37.2 Å². The summed E-state index contributed by atoms with van der Waals surface area (Å²) in [4.78, 5) is 16.4. The highest BCUT2D eigenvalue weighted by atomic mass is 19.1. The fourth-order valence-electron chi connectivity index (χ4n) is 4.14. The molecule has 0 amide bonds. The smallest absolute Gasteiger partial charge is 0.275 e. The van der Waals surface area contributed by atoms with Gasteiger partial charge in [-0.15, -0.1) is 0 Å². The molecule has 0 saturated carbocycles. The summed E-state index contributed by atoms with van der Waals surface area (Å²) in [7, 11) is 0. The molecule has 0 bridgehead atoms. The Balaban J connectivity index is 0.000000320. The maximum Gasteiger partial charge on any atom is 0.275 e. The maximum atomic E-state index is 14.1. The van der Waals surface area contributed by atoms with E-state index in [0.29, 0.717) is 22.9 Å². The average molecular weight is 542 g/mol. The van der Waals surface area contributed by atoms with E-state index in [-0.39, 0.29) is 23.5 Å². The molecule has 0 saturated heterocycles. The van der Waals surface area contributed by atoms with Crippen LogP contribution in [-0.2, 0) is 13.0 Å². The highest BCUT2D eigenvalue weighted by Crippen LogP contribution is 2.36. The number of nitrogens with two attached hydrogens (primary N) is 1. The van der Waals surface area contributed by atoms with Crippen LogP contribution in [0.2, 0.25) is 0 Å². The molecular weight excluding hydrogens is 500 g/mol. The number of hydrogen-bond acceptors (Lipinski definition) is 6. The SMILES string of the molecule is CC.CC.CC(C)n1nc2c3c(cc(F)cc3c1=O)NC(c1ccc(F)cc1)C2.NCCCCn1cncn1. The zero-order valence-electron chi connectivity index (χ0n) is 23.8. The Morgan fingerprint density at radius 2 is 1.74 bits per heavy atom. The van der Waals surface area contributed by atoms with Crippen LogP contribution in [0.4, 0.5) is 14.5 Å². The van der Waals surface area contributed by atoms with Crippen LogP contribution < -0.4 is 16.6 Å². The molecule has 8 nitrogen and oxygen atoms in total. The van der Waals surface area contributed by atoms with E-state index in [1.807, 2.05) is 46.2 Å². The molecule has 39 heavy (non-hydrogen) atoms. The summed E-state index contributed by atoms with van der Waals surface area (Å²) in [6.07, 6.45) is 5.94. The minimum absolute atomic E-state index is 0.126. The van der Waals surface area contributed by atoms with Crippen molar-refractivity contribution < 1.29 is 8.78 Å². The van der Waals surface area contributed by atoms with Crippen molar-refractivity contribution in [1.82, 2.24) is 24.5 Å². The van der Waals surface area contributed by atoms with Crippen LogP contribution >= 0.6 is 0 Å². The van der Waals surface area contributed by atoms with E-state index in [1.54, 1.807) is 24.8 Å². The van der Waals surface area contributed by atoms with Gasteiger partial charge in [-0.3, -0.25) is 9.48 Å². The van der Waals surface area contributed by atoms with Crippen molar-refractivity contribution in [3.63, 3.8) is 0 Å². The Hall–Kier alpha value is -3.66. The molecule has 10 heteroatoms. The van der Waals surface area contributed by atoms with Crippen molar-refractivity contribution in [1.29, 1.82) is 0 Å². The summed E-state index contributed by atoms with van der Waals surface area (Å²) in [5, 5.41) is 12.7. The number of unbranched alkanes of at least 4 members (excludes halogenated alkanes) is 1. The lowest BCUT2D eigenvalue weighted by molar-refractivity contribution is 0.494. The van der Waals surface area contributed by atoms with E-state index < -0.39 is 5.82 Å². The normalized spacial score (nSPS) is 13.3. The largest absolute Gasteiger partial charge is 0.377 e. The third kappa shape index (κ3) is 8.16. The van der Waals surface area contributed by atoms with E-state index in [9.17, 15) is 13.6 Å². The number of anilines is 1. The number of nitrogens with zero attached hydrogens (tertiary/aromatic N) is 5. The summed E-state index contributed by atoms with van der Waals surface area (Å²) in [5.74, 6) is -0.779. The van der Waals surface area contributed by atoms with Gasteiger partial charge in [0.05, 0.1) is 23.2 Å². The molecule has 2 aromatic heterocycles. The number of nitrogens with one attached hydrogen (secondary N) is 1. The number of rotatable bonds is 6. The quantitative estimate of drug-likeness (QED) is 0.289. The van der Waals surface area contributed by atoms with Crippen LogP contribution in [0.5, 0.6) is 0 Å². The fourth-order valence-corrected chi connectivity index (χ4v) is 4.14. The van der Waals surface area contributed by atoms with Crippen LogP contribution in [0.15, 0.2) is 53.8 Å². The van der Waals surface area contributed by atoms with E-state index in [2.05, 4.69) is 20.5 Å². The minimum atomic E-state index is -0.473. The zero-order valence-corrected chi connectivity index (χ0v) is 23.8. The molecule has 0 radical (unpaired) electrons. The van der Waals surface area contributed by atoms with Crippen LogP contribution in [0.3, 0.4) is 0 Å². The molecule has 0 fully saturated rings. The first-order chi connectivity index (χ1) is 18.9. The number of benzene rings is 2. The molecule has 5 rings (SSSR count). The Bertz CT molecular complexity index is 1340. The Labute approximate surface area is 229 Å². The number of halogens is 2. The van der Waals surface area contributed by atoms with Crippen molar-refractivity contribution in [2.45, 2.75) is 79.4 Å². The van der Waals surface area contributed by atoms with Gasteiger partial charge in [0.2, 0.25) is 0 Å². The van der Waals surface area contributed by atoms with E-state index in [1.165, 1.54) is 28.9 Å². The van der Waals surface area contributed by atoms with E-state index in [4.69, 9.17) is 5.73 Å². The third-order valence-corrected chi connectivity index (χ3v) is 5.86. The van der Waals surface area contributed by atoms with Crippen LogP contribution in [0.25, 0.3) is 10.8 Å².